The van der Waals surface area contributed by atoms with Crippen LogP contribution in [0.15, 0.2) is 28.8 Å². The molecule has 0 aliphatic heterocycles. The highest BCUT2D eigenvalue weighted by molar-refractivity contribution is 5.40. The van der Waals surface area contributed by atoms with Crippen molar-refractivity contribution in [1.29, 1.82) is 0 Å². The van der Waals surface area contributed by atoms with Crippen molar-refractivity contribution in [3.8, 4) is 0 Å². The average Bonchev–Trinajstić information content (AvgIpc) is 2.93. The molecule has 0 amide bonds. The molecule has 0 aliphatic rings. The molecule has 6 heteroatoms. The number of anilines is 1. The van der Waals surface area contributed by atoms with Gasteiger partial charge in [0.1, 0.15) is 0 Å². The van der Waals surface area contributed by atoms with Crippen molar-refractivity contribution in [2.75, 3.05) is 32.7 Å². The van der Waals surface area contributed by atoms with E-state index < -0.39 is 0 Å². The first-order valence-electron chi connectivity index (χ1n) is 7.00. The van der Waals surface area contributed by atoms with E-state index in [0.717, 1.165) is 17.7 Å². The molecule has 6 nitrogen and oxygen atoms in total. The number of benzene rings is 1. The van der Waals surface area contributed by atoms with Crippen LogP contribution in [0.25, 0.3) is 0 Å². The fourth-order valence-corrected chi connectivity index (χ4v) is 1.90. The Morgan fingerprint density at radius 1 is 1.14 bits per heavy atom. The minimum atomic E-state index is 0.567. The van der Waals surface area contributed by atoms with Crippen LogP contribution < -0.4 is 5.73 Å². The third-order valence-corrected chi connectivity index (χ3v) is 2.99. The molecule has 2 aromatic rings. The lowest BCUT2D eigenvalue weighted by atomic mass is 10.1. The van der Waals surface area contributed by atoms with Gasteiger partial charge in [-0.1, -0.05) is 17.3 Å². The molecule has 21 heavy (non-hydrogen) atoms. The fourth-order valence-electron chi connectivity index (χ4n) is 1.90. The van der Waals surface area contributed by atoms with E-state index in [4.69, 9.17) is 19.7 Å². The maximum Gasteiger partial charge on any atom is 0.226 e. The first-order chi connectivity index (χ1) is 10.3. The SMILES string of the molecule is COCCOCCc1noc(CCc2cccc(N)c2)n1. The van der Waals surface area contributed by atoms with Crippen molar-refractivity contribution in [1.82, 2.24) is 10.1 Å². The predicted octanol–water partition coefficient (Wildman–Crippen LogP) is 1.64. The summed E-state index contributed by atoms with van der Waals surface area (Å²) < 4.78 is 15.5. The van der Waals surface area contributed by atoms with Crippen molar-refractivity contribution in [3.63, 3.8) is 0 Å². The van der Waals surface area contributed by atoms with Crippen LogP contribution in [0, 0.1) is 0 Å². The Hall–Kier alpha value is -1.92. The van der Waals surface area contributed by atoms with Crippen LogP contribution in [0.1, 0.15) is 17.3 Å². The van der Waals surface area contributed by atoms with Gasteiger partial charge >= 0.3 is 0 Å². The quantitative estimate of drug-likeness (QED) is 0.558. The van der Waals surface area contributed by atoms with Crippen molar-refractivity contribution in [2.45, 2.75) is 19.3 Å². The fraction of sp³-hybridized carbons (Fsp3) is 0.467. The summed E-state index contributed by atoms with van der Waals surface area (Å²) in [7, 11) is 1.65. The monoisotopic (exact) mass is 291 g/mol. The molecule has 0 bridgehead atoms. The van der Waals surface area contributed by atoms with Gasteiger partial charge in [-0.25, -0.2) is 0 Å². The van der Waals surface area contributed by atoms with Crippen LogP contribution in [0.2, 0.25) is 0 Å². The standard InChI is InChI=1S/C15H21N3O3/c1-19-9-10-20-8-7-14-17-15(21-18-14)6-5-12-3-2-4-13(16)11-12/h2-4,11H,5-10,16H2,1H3. The molecule has 2 rings (SSSR count). The number of rotatable bonds is 9. The van der Waals surface area contributed by atoms with Crippen LogP contribution in [0.3, 0.4) is 0 Å². The number of methoxy groups -OCH3 is 1. The number of aryl methyl sites for hydroxylation is 2. The van der Waals surface area contributed by atoms with Gasteiger partial charge in [-0.15, -0.1) is 0 Å². The highest BCUT2D eigenvalue weighted by atomic mass is 16.5. The minimum Gasteiger partial charge on any atom is -0.399 e. The predicted molar refractivity (Wildman–Crippen MR) is 79.0 cm³/mol. The van der Waals surface area contributed by atoms with Crippen molar-refractivity contribution in [3.05, 3.63) is 41.5 Å². The van der Waals surface area contributed by atoms with E-state index in [0.29, 0.717) is 44.4 Å². The Morgan fingerprint density at radius 3 is 2.86 bits per heavy atom. The second-order valence-electron chi connectivity index (χ2n) is 4.70. The number of aromatic nitrogens is 2. The summed E-state index contributed by atoms with van der Waals surface area (Å²) >= 11 is 0. The van der Waals surface area contributed by atoms with E-state index >= 15 is 0 Å². The molecule has 1 aromatic heterocycles. The highest BCUT2D eigenvalue weighted by Crippen LogP contribution is 2.10. The Labute approximate surface area is 124 Å². The Bertz CT molecular complexity index is 542. The summed E-state index contributed by atoms with van der Waals surface area (Å²) in [6, 6.07) is 7.82. The summed E-state index contributed by atoms with van der Waals surface area (Å²) in [5.74, 6) is 1.32. The molecule has 0 atom stereocenters. The Balaban J connectivity index is 1.72. The Morgan fingerprint density at radius 2 is 2.05 bits per heavy atom. The largest absolute Gasteiger partial charge is 0.399 e. The molecule has 0 radical (unpaired) electrons. The van der Waals surface area contributed by atoms with Crippen molar-refractivity contribution >= 4 is 5.69 Å². The van der Waals surface area contributed by atoms with Gasteiger partial charge in [0, 0.05) is 25.6 Å². The summed E-state index contributed by atoms with van der Waals surface area (Å²) in [5, 5.41) is 3.94. The minimum absolute atomic E-state index is 0.567. The maximum atomic E-state index is 5.75. The normalized spacial score (nSPS) is 10.9. The van der Waals surface area contributed by atoms with Crippen LogP contribution in [0.4, 0.5) is 5.69 Å². The average molecular weight is 291 g/mol. The first-order valence-corrected chi connectivity index (χ1v) is 7.00. The van der Waals surface area contributed by atoms with E-state index in [1.807, 2.05) is 24.3 Å². The molecule has 0 aliphatic carbocycles. The number of nitrogens with two attached hydrogens (primary N) is 1. The molecule has 1 aromatic carbocycles. The summed E-state index contributed by atoms with van der Waals surface area (Å²) in [5.41, 5.74) is 7.68. The molecular formula is C15H21N3O3. The highest BCUT2D eigenvalue weighted by Gasteiger charge is 2.06. The van der Waals surface area contributed by atoms with Crippen molar-refractivity contribution in [2.24, 2.45) is 0 Å². The molecule has 0 unspecified atom stereocenters. The van der Waals surface area contributed by atoms with E-state index in [2.05, 4.69) is 10.1 Å². The molecule has 0 saturated heterocycles. The molecule has 0 fully saturated rings. The maximum absolute atomic E-state index is 5.75. The molecule has 2 N–H and O–H groups in total. The van der Waals surface area contributed by atoms with Gasteiger partial charge in [-0.3, -0.25) is 0 Å². The van der Waals surface area contributed by atoms with Crippen LogP contribution in [0.5, 0.6) is 0 Å². The van der Waals surface area contributed by atoms with Gasteiger partial charge in [0.25, 0.3) is 0 Å². The van der Waals surface area contributed by atoms with Gasteiger partial charge in [0.2, 0.25) is 5.89 Å². The van der Waals surface area contributed by atoms with Gasteiger partial charge < -0.3 is 19.7 Å². The smallest absolute Gasteiger partial charge is 0.226 e. The van der Waals surface area contributed by atoms with Crippen molar-refractivity contribution < 1.29 is 14.0 Å². The zero-order chi connectivity index (χ0) is 14.9. The third-order valence-electron chi connectivity index (χ3n) is 2.99. The summed E-state index contributed by atoms with van der Waals surface area (Å²) in [4.78, 5) is 4.35. The van der Waals surface area contributed by atoms with Gasteiger partial charge in [0.05, 0.1) is 19.8 Å². The van der Waals surface area contributed by atoms with Crippen LogP contribution >= 0.6 is 0 Å². The second-order valence-corrected chi connectivity index (χ2v) is 4.70. The second kappa shape index (κ2) is 8.39. The zero-order valence-corrected chi connectivity index (χ0v) is 12.2. The van der Waals surface area contributed by atoms with E-state index in [9.17, 15) is 0 Å². The summed E-state index contributed by atoms with van der Waals surface area (Å²) in [6.45, 7) is 1.74. The van der Waals surface area contributed by atoms with Gasteiger partial charge in [0.15, 0.2) is 5.82 Å². The van der Waals surface area contributed by atoms with Gasteiger partial charge in [-0.2, -0.15) is 4.98 Å². The third kappa shape index (κ3) is 5.53. The van der Waals surface area contributed by atoms with Crippen LogP contribution in [-0.2, 0) is 28.7 Å². The number of nitrogen functional groups attached to an aromatic ring is 1. The molecule has 0 spiro atoms. The summed E-state index contributed by atoms with van der Waals surface area (Å²) in [6.07, 6.45) is 2.18. The molecule has 0 saturated carbocycles. The number of hydrogen-bond acceptors (Lipinski definition) is 6. The van der Waals surface area contributed by atoms with E-state index in [-0.39, 0.29) is 0 Å². The van der Waals surface area contributed by atoms with Gasteiger partial charge in [-0.05, 0) is 24.1 Å². The number of hydrogen-bond donors (Lipinski definition) is 1. The number of ether oxygens (including phenoxy) is 2. The molecular weight excluding hydrogens is 270 g/mol. The lowest BCUT2D eigenvalue weighted by Gasteiger charge is -2.00. The zero-order valence-electron chi connectivity index (χ0n) is 12.2. The lowest BCUT2D eigenvalue weighted by molar-refractivity contribution is 0.0714. The van der Waals surface area contributed by atoms with Crippen LogP contribution in [-0.4, -0.2) is 37.1 Å². The van der Waals surface area contributed by atoms with E-state index in [1.54, 1.807) is 7.11 Å². The Kier molecular flexibility index (Phi) is 6.18. The first kappa shape index (κ1) is 15.5. The van der Waals surface area contributed by atoms with E-state index in [1.165, 1.54) is 0 Å². The topological polar surface area (TPSA) is 83.4 Å². The molecule has 114 valence electrons. The number of nitrogens with zero attached hydrogens (tertiary/aromatic N) is 2. The lowest BCUT2D eigenvalue weighted by Crippen LogP contribution is -2.05. The molecule has 1 heterocycles.